The number of hydrogen-bond acceptors (Lipinski definition) is 6. The summed E-state index contributed by atoms with van der Waals surface area (Å²) in [5, 5.41) is 0.973. The summed E-state index contributed by atoms with van der Waals surface area (Å²) in [5.41, 5.74) is 3.37. The van der Waals surface area contributed by atoms with Gasteiger partial charge in [-0.2, -0.15) is 0 Å². The monoisotopic (exact) mass is 436 g/mol. The van der Waals surface area contributed by atoms with Crippen molar-refractivity contribution >= 4 is 56.0 Å². The lowest BCUT2D eigenvalue weighted by Gasteiger charge is -2.18. The number of carbonyl (C=O) groups excluding carboxylic acids is 1. The summed E-state index contributed by atoms with van der Waals surface area (Å²) < 4.78 is 31.4. The maximum Gasteiger partial charge on any atom is 0.257 e. The van der Waals surface area contributed by atoms with Crippen LogP contribution >= 0.6 is 23.4 Å². The Morgan fingerprint density at radius 1 is 1.29 bits per heavy atom. The van der Waals surface area contributed by atoms with Crippen molar-refractivity contribution in [2.45, 2.75) is 18.6 Å². The molecule has 1 aliphatic rings. The summed E-state index contributed by atoms with van der Waals surface area (Å²) in [6.45, 7) is 2.05. The normalized spacial score (nSPS) is 13.9. The van der Waals surface area contributed by atoms with Gasteiger partial charge in [0.05, 0.1) is 17.2 Å². The van der Waals surface area contributed by atoms with Gasteiger partial charge in [-0.25, -0.2) is 13.4 Å². The molecule has 0 unspecified atom stereocenters. The molecule has 28 heavy (non-hydrogen) atoms. The van der Waals surface area contributed by atoms with E-state index in [0.717, 1.165) is 5.56 Å². The number of carbonyl (C=O) groups is 1. The molecule has 0 N–H and O–H groups in total. The number of rotatable bonds is 6. The van der Waals surface area contributed by atoms with Crippen LogP contribution in [0.1, 0.15) is 22.8 Å². The average Bonchev–Trinajstić information content (AvgIpc) is 3.29. The third-order valence-electron chi connectivity index (χ3n) is 4.61. The Morgan fingerprint density at radius 2 is 2.11 bits per heavy atom. The van der Waals surface area contributed by atoms with Crippen molar-refractivity contribution in [1.29, 1.82) is 0 Å². The smallest absolute Gasteiger partial charge is 0.257 e. The number of sulfonamides is 1. The van der Waals surface area contributed by atoms with Crippen molar-refractivity contribution in [2.75, 3.05) is 22.4 Å². The van der Waals surface area contributed by atoms with E-state index in [9.17, 15) is 13.2 Å². The molecule has 0 spiro atoms. The lowest BCUT2D eigenvalue weighted by Crippen LogP contribution is -2.30. The van der Waals surface area contributed by atoms with Gasteiger partial charge >= 0.3 is 0 Å². The molecular weight excluding hydrogens is 420 g/mol. The molecule has 4 rings (SSSR count). The minimum absolute atomic E-state index is 0.0550. The molecule has 6 nitrogen and oxygen atoms in total. The van der Waals surface area contributed by atoms with E-state index in [1.807, 2.05) is 0 Å². The Morgan fingerprint density at radius 3 is 2.89 bits per heavy atom. The first-order chi connectivity index (χ1) is 13.4. The SMILES string of the molecule is CCS(=O)(=O)N1CCc2cc(C(=O)CSc3nc4ccc(Cl)cc4o3)ccc21. The van der Waals surface area contributed by atoms with E-state index < -0.39 is 10.0 Å². The van der Waals surface area contributed by atoms with Crippen molar-refractivity contribution in [3.63, 3.8) is 0 Å². The summed E-state index contributed by atoms with van der Waals surface area (Å²) in [4.78, 5) is 16.9. The molecule has 0 saturated heterocycles. The molecule has 0 atom stereocenters. The van der Waals surface area contributed by atoms with Gasteiger partial charge in [0.1, 0.15) is 5.52 Å². The first-order valence-electron chi connectivity index (χ1n) is 8.73. The van der Waals surface area contributed by atoms with Gasteiger partial charge in [-0.15, -0.1) is 0 Å². The molecule has 0 aliphatic carbocycles. The second-order valence-corrected chi connectivity index (χ2v) is 9.91. The average molecular weight is 437 g/mol. The molecule has 0 amide bonds. The van der Waals surface area contributed by atoms with Crippen molar-refractivity contribution in [1.82, 2.24) is 4.98 Å². The van der Waals surface area contributed by atoms with E-state index in [4.69, 9.17) is 16.0 Å². The molecule has 9 heteroatoms. The molecule has 0 fully saturated rings. The van der Waals surface area contributed by atoms with Crippen LogP contribution in [0.2, 0.25) is 5.02 Å². The summed E-state index contributed by atoms with van der Waals surface area (Å²) in [5.74, 6) is 0.167. The van der Waals surface area contributed by atoms with Gasteiger partial charge in [0, 0.05) is 23.2 Å². The number of ketones is 1. The van der Waals surface area contributed by atoms with Gasteiger partial charge in [0.25, 0.3) is 5.22 Å². The first kappa shape index (κ1) is 19.3. The molecule has 0 saturated carbocycles. The summed E-state index contributed by atoms with van der Waals surface area (Å²) in [7, 11) is -3.29. The highest BCUT2D eigenvalue weighted by Gasteiger charge is 2.28. The van der Waals surface area contributed by atoms with E-state index in [-0.39, 0.29) is 17.3 Å². The molecule has 3 aromatic rings. The number of nitrogens with zero attached hydrogens (tertiary/aromatic N) is 2. The van der Waals surface area contributed by atoms with E-state index >= 15 is 0 Å². The van der Waals surface area contributed by atoms with Gasteiger partial charge in [0.2, 0.25) is 10.0 Å². The third kappa shape index (κ3) is 3.64. The van der Waals surface area contributed by atoms with Crippen LogP contribution in [0.4, 0.5) is 5.69 Å². The number of halogens is 1. The Hall–Kier alpha value is -2.03. The van der Waals surface area contributed by atoms with Crippen molar-refractivity contribution in [3.05, 3.63) is 52.5 Å². The number of fused-ring (bicyclic) bond motifs is 2. The number of aromatic nitrogens is 1. The predicted molar refractivity (Wildman–Crippen MR) is 111 cm³/mol. The Balaban J connectivity index is 1.48. The van der Waals surface area contributed by atoms with Crippen LogP contribution in [-0.2, 0) is 16.4 Å². The zero-order valence-electron chi connectivity index (χ0n) is 15.0. The third-order valence-corrected chi connectivity index (χ3v) is 7.46. The molecule has 146 valence electrons. The number of oxazole rings is 1. The van der Waals surface area contributed by atoms with Gasteiger partial charge in [-0.05, 0) is 49.2 Å². The van der Waals surface area contributed by atoms with Crippen molar-refractivity contribution in [3.8, 4) is 0 Å². The van der Waals surface area contributed by atoms with Crippen LogP contribution in [-0.4, -0.2) is 37.2 Å². The summed E-state index contributed by atoms with van der Waals surface area (Å²) in [6, 6.07) is 10.4. The lowest BCUT2D eigenvalue weighted by molar-refractivity contribution is 0.102. The fourth-order valence-corrected chi connectivity index (χ4v) is 5.19. The topological polar surface area (TPSA) is 80.5 Å². The number of Topliss-reactive ketones (excluding diaryl/α,β-unsaturated/α-hetero) is 1. The Labute approximate surface area is 171 Å². The number of benzene rings is 2. The largest absolute Gasteiger partial charge is 0.431 e. The second kappa shape index (κ2) is 7.42. The Kier molecular flexibility index (Phi) is 5.11. The molecule has 1 aliphatic heterocycles. The minimum Gasteiger partial charge on any atom is -0.431 e. The quantitative estimate of drug-likeness (QED) is 0.426. The van der Waals surface area contributed by atoms with Gasteiger partial charge in [-0.1, -0.05) is 23.4 Å². The highest BCUT2D eigenvalue weighted by molar-refractivity contribution is 7.99. The second-order valence-electron chi connectivity index (χ2n) is 6.37. The van der Waals surface area contributed by atoms with Crippen LogP contribution in [0.25, 0.3) is 11.1 Å². The van der Waals surface area contributed by atoms with Crippen molar-refractivity contribution in [2.24, 2.45) is 0 Å². The van der Waals surface area contributed by atoms with Crippen molar-refractivity contribution < 1.29 is 17.6 Å². The van der Waals surface area contributed by atoms with E-state index in [1.165, 1.54) is 16.1 Å². The number of anilines is 1. The number of hydrogen-bond donors (Lipinski definition) is 0. The highest BCUT2D eigenvalue weighted by atomic mass is 35.5. The standard InChI is InChI=1S/C19H17ClN2O4S2/c1-2-28(24,25)22-8-7-12-9-13(3-6-16(12)22)17(23)11-27-19-21-15-5-4-14(20)10-18(15)26-19/h3-6,9-10H,2,7-8,11H2,1H3. The lowest BCUT2D eigenvalue weighted by atomic mass is 10.1. The summed E-state index contributed by atoms with van der Waals surface area (Å²) >= 11 is 7.16. The molecule has 2 aromatic carbocycles. The van der Waals surface area contributed by atoms with E-state index in [0.29, 0.717) is 45.6 Å². The molecule has 2 heterocycles. The summed E-state index contributed by atoms with van der Waals surface area (Å²) in [6.07, 6.45) is 0.606. The molecule has 0 bridgehead atoms. The highest BCUT2D eigenvalue weighted by Crippen LogP contribution is 2.32. The van der Waals surface area contributed by atoms with Crippen LogP contribution in [0.5, 0.6) is 0 Å². The molecule has 0 radical (unpaired) electrons. The van der Waals surface area contributed by atoms with Crippen LogP contribution in [0.15, 0.2) is 46.0 Å². The Bertz CT molecular complexity index is 1170. The van der Waals surface area contributed by atoms with Crippen LogP contribution in [0.3, 0.4) is 0 Å². The maximum atomic E-state index is 12.6. The molecular formula is C19H17ClN2O4S2. The molecule has 1 aromatic heterocycles. The fraction of sp³-hybridized carbons (Fsp3) is 0.263. The van der Waals surface area contributed by atoms with E-state index in [1.54, 1.807) is 43.3 Å². The van der Waals surface area contributed by atoms with Gasteiger partial charge < -0.3 is 4.42 Å². The fourth-order valence-electron chi connectivity index (χ4n) is 3.14. The van der Waals surface area contributed by atoms with Gasteiger partial charge in [0.15, 0.2) is 11.4 Å². The van der Waals surface area contributed by atoms with Gasteiger partial charge in [-0.3, -0.25) is 9.10 Å². The van der Waals surface area contributed by atoms with E-state index in [2.05, 4.69) is 4.98 Å². The minimum atomic E-state index is -3.29. The van der Waals surface area contributed by atoms with Crippen LogP contribution in [0, 0.1) is 0 Å². The maximum absolute atomic E-state index is 12.6. The predicted octanol–water partition coefficient (Wildman–Crippen LogP) is 4.17. The first-order valence-corrected chi connectivity index (χ1v) is 11.7. The zero-order chi connectivity index (χ0) is 19.9. The number of thioether (sulfide) groups is 1. The zero-order valence-corrected chi connectivity index (χ0v) is 17.4. The van der Waals surface area contributed by atoms with Crippen LogP contribution < -0.4 is 4.31 Å².